The van der Waals surface area contributed by atoms with Gasteiger partial charge in [0.2, 0.25) is 0 Å². The zero-order valence-electron chi connectivity index (χ0n) is 9.51. The second-order valence-corrected chi connectivity index (χ2v) is 6.16. The van der Waals surface area contributed by atoms with Gasteiger partial charge in [-0.05, 0) is 19.0 Å². The van der Waals surface area contributed by atoms with Gasteiger partial charge in [-0.15, -0.1) is 0 Å². The van der Waals surface area contributed by atoms with E-state index < -0.39 is 9.04 Å². The molecule has 0 aliphatic heterocycles. The maximum absolute atomic E-state index is 5.86. The molecule has 0 radical (unpaired) electrons. The minimum Gasteiger partial charge on any atom is -0.396 e. The van der Waals surface area contributed by atoms with Crippen LogP contribution in [-0.4, -0.2) is 22.4 Å². The van der Waals surface area contributed by atoms with E-state index in [2.05, 4.69) is 13.8 Å². The maximum Gasteiger partial charge on any atom is 0.180 e. The molecule has 2 atom stereocenters. The van der Waals surface area contributed by atoms with E-state index >= 15 is 0 Å². The van der Waals surface area contributed by atoms with Crippen LogP contribution in [0.2, 0.25) is 12.1 Å². The largest absolute Gasteiger partial charge is 0.396 e. The van der Waals surface area contributed by atoms with Gasteiger partial charge >= 0.3 is 0 Å². The van der Waals surface area contributed by atoms with Crippen LogP contribution >= 0.6 is 0 Å². The van der Waals surface area contributed by atoms with Crippen molar-refractivity contribution < 1.29 is 9.16 Å². The Bertz CT molecular complexity index is 109. The fourth-order valence-electron chi connectivity index (χ4n) is 1.36. The number of unbranched alkanes of at least 4 members (excludes halogenated alkanes) is 1. The molecule has 0 bridgehead atoms. The molecule has 0 aromatic rings. The number of methoxy groups -OCH3 is 1. The lowest BCUT2D eigenvalue weighted by molar-refractivity contribution is -0.0416. The minimum absolute atomic E-state index is 0.0000674. The third kappa shape index (κ3) is 7.23. The van der Waals surface area contributed by atoms with Crippen LogP contribution in [0, 0.1) is 0 Å². The zero-order chi connectivity index (χ0) is 10.1. The van der Waals surface area contributed by atoms with Crippen LogP contribution in [0.15, 0.2) is 0 Å². The summed E-state index contributed by atoms with van der Waals surface area (Å²) in [7, 11) is 0.758. The second-order valence-electron chi connectivity index (χ2n) is 3.49. The SMILES string of the molecule is CCCC[SiH](CCC)OC(C)OC. The molecule has 0 aliphatic rings. The average Bonchev–Trinajstić information content (AvgIpc) is 2.14. The van der Waals surface area contributed by atoms with Gasteiger partial charge in [-0.2, -0.15) is 0 Å². The Kier molecular flexibility index (Phi) is 8.81. The first kappa shape index (κ1) is 13.1. The molecule has 3 heteroatoms. The van der Waals surface area contributed by atoms with E-state index in [4.69, 9.17) is 9.16 Å². The van der Waals surface area contributed by atoms with Crippen molar-refractivity contribution in [3.63, 3.8) is 0 Å². The third-order valence-corrected chi connectivity index (χ3v) is 5.25. The Balaban J connectivity index is 3.65. The van der Waals surface area contributed by atoms with Gasteiger partial charge in [-0.25, -0.2) is 0 Å². The van der Waals surface area contributed by atoms with Crippen LogP contribution in [0.1, 0.15) is 40.0 Å². The molecule has 0 amide bonds. The van der Waals surface area contributed by atoms with E-state index in [0.717, 1.165) is 0 Å². The van der Waals surface area contributed by atoms with Crippen LogP contribution in [-0.2, 0) is 9.16 Å². The monoisotopic (exact) mass is 204 g/mol. The molecule has 0 saturated carbocycles. The van der Waals surface area contributed by atoms with Crippen molar-refractivity contribution in [2.45, 2.75) is 58.4 Å². The van der Waals surface area contributed by atoms with Crippen molar-refractivity contribution in [2.75, 3.05) is 7.11 Å². The standard InChI is InChI=1S/C10H24O2Si/c1-5-7-9-13(8-6-2)12-10(3)11-4/h10,13H,5-9H2,1-4H3. The van der Waals surface area contributed by atoms with Gasteiger partial charge in [-0.1, -0.05) is 33.1 Å². The van der Waals surface area contributed by atoms with Crippen LogP contribution in [0.4, 0.5) is 0 Å². The molecular formula is C10H24O2Si. The van der Waals surface area contributed by atoms with Gasteiger partial charge in [0.25, 0.3) is 0 Å². The Hall–Kier alpha value is 0.137. The number of ether oxygens (including phenoxy) is 1. The summed E-state index contributed by atoms with van der Waals surface area (Å²) in [6.45, 7) is 6.45. The molecule has 2 unspecified atom stereocenters. The van der Waals surface area contributed by atoms with E-state index in [0.29, 0.717) is 0 Å². The maximum atomic E-state index is 5.86. The van der Waals surface area contributed by atoms with Crippen molar-refractivity contribution in [3.05, 3.63) is 0 Å². The molecule has 0 heterocycles. The van der Waals surface area contributed by atoms with Crippen LogP contribution in [0.25, 0.3) is 0 Å². The summed E-state index contributed by atoms with van der Waals surface area (Å²) in [5, 5.41) is 0. The molecule has 0 aliphatic carbocycles. The first-order valence-corrected chi connectivity index (χ1v) is 7.53. The smallest absolute Gasteiger partial charge is 0.180 e. The van der Waals surface area contributed by atoms with Gasteiger partial charge in [0.05, 0.1) is 0 Å². The lowest BCUT2D eigenvalue weighted by Crippen LogP contribution is -2.24. The van der Waals surface area contributed by atoms with E-state index in [-0.39, 0.29) is 6.29 Å². The molecule has 0 aromatic heterocycles. The summed E-state index contributed by atoms with van der Waals surface area (Å²) in [4.78, 5) is 0. The van der Waals surface area contributed by atoms with E-state index in [1.165, 1.54) is 31.4 Å². The highest BCUT2D eigenvalue weighted by Crippen LogP contribution is 2.11. The summed E-state index contributed by atoms with van der Waals surface area (Å²) >= 11 is 0. The third-order valence-electron chi connectivity index (χ3n) is 2.21. The highest BCUT2D eigenvalue weighted by atomic mass is 28.3. The fourth-order valence-corrected chi connectivity index (χ4v) is 4.08. The highest BCUT2D eigenvalue weighted by molar-refractivity contribution is 6.51. The number of hydrogen-bond acceptors (Lipinski definition) is 2. The molecule has 13 heavy (non-hydrogen) atoms. The van der Waals surface area contributed by atoms with E-state index in [9.17, 15) is 0 Å². The summed E-state index contributed by atoms with van der Waals surface area (Å²) in [6, 6.07) is 2.59. The predicted octanol–water partition coefficient (Wildman–Crippen LogP) is 2.93. The molecule has 2 nitrogen and oxygen atoms in total. The molecule has 0 saturated heterocycles. The summed E-state index contributed by atoms with van der Waals surface area (Å²) < 4.78 is 11.0. The summed E-state index contributed by atoms with van der Waals surface area (Å²) in [5.41, 5.74) is 0. The van der Waals surface area contributed by atoms with Crippen molar-refractivity contribution in [3.8, 4) is 0 Å². The van der Waals surface area contributed by atoms with Crippen molar-refractivity contribution in [1.29, 1.82) is 0 Å². The van der Waals surface area contributed by atoms with E-state index in [1.807, 2.05) is 6.92 Å². The van der Waals surface area contributed by atoms with Gasteiger partial charge in [0.15, 0.2) is 9.04 Å². The number of rotatable bonds is 8. The lowest BCUT2D eigenvalue weighted by atomic mass is 10.4. The van der Waals surface area contributed by atoms with Gasteiger partial charge < -0.3 is 9.16 Å². The predicted molar refractivity (Wildman–Crippen MR) is 59.5 cm³/mol. The van der Waals surface area contributed by atoms with Crippen LogP contribution in [0.3, 0.4) is 0 Å². The van der Waals surface area contributed by atoms with Crippen molar-refractivity contribution >= 4 is 9.04 Å². The second kappa shape index (κ2) is 8.72. The highest BCUT2D eigenvalue weighted by Gasteiger charge is 2.13. The Morgan fingerprint density at radius 3 is 2.31 bits per heavy atom. The molecule has 0 spiro atoms. The Labute approximate surface area is 84.4 Å². The summed E-state index contributed by atoms with van der Waals surface area (Å²) in [6.07, 6.45) is 3.84. The van der Waals surface area contributed by atoms with Gasteiger partial charge in [0.1, 0.15) is 6.29 Å². The van der Waals surface area contributed by atoms with Crippen LogP contribution in [0.5, 0.6) is 0 Å². The van der Waals surface area contributed by atoms with Gasteiger partial charge in [-0.3, -0.25) is 0 Å². The number of hydrogen-bond donors (Lipinski definition) is 0. The van der Waals surface area contributed by atoms with Crippen molar-refractivity contribution in [1.82, 2.24) is 0 Å². The van der Waals surface area contributed by atoms with Crippen molar-refractivity contribution in [2.24, 2.45) is 0 Å². The molecule has 0 aromatic carbocycles. The first-order valence-electron chi connectivity index (χ1n) is 5.42. The average molecular weight is 204 g/mol. The normalized spacial score (nSPS) is 15.7. The molecule has 0 rings (SSSR count). The molecule has 0 fully saturated rings. The quantitative estimate of drug-likeness (QED) is 0.447. The zero-order valence-corrected chi connectivity index (χ0v) is 10.7. The Morgan fingerprint density at radius 1 is 1.15 bits per heavy atom. The topological polar surface area (TPSA) is 18.5 Å². The Morgan fingerprint density at radius 2 is 1.85 bits per heavy atom. The van der Waals surface area contributed by atoms with E-state index in [1.54, 1.807) is 7.11 Å². The molecule has 80 valence electrons. The fraction of sp³-hybridized carbons (Fsp3) is 1.00. The summed E-state index contributed by atoms with van der Waals surface area (Å²) in [5.74, 6) is 0. The van der Waals surface area contributed by atoms with Crippen LogP contribution < -0.4 is 0 Å². The molecule has 0 N–H and O–H groups in total. The first-order chi connectivity index (χ1) is 6.24. The van der Waals surface area contributed by atoms with Gasteiger partial charge in [0, 0.05) is 7.11 Å². The minimum atomic E-state index is -0.952. The molecular weight excluding hydrogens is 180 g/mol. The lowest BCUT2D eigenvalue weighted by Gasteiger charge is -2.19.